The van der Waals surface area contributed by atoms with Gasteiger partial charge in [-0.25, -0.2) is 4.39 Å². The molecule has 10 heteroatoms. The number of nitrogens with zero attached hydrogens (tertiary/aromatic N) is 1. The number of carbonyl (C=O) groups is 2. The van der Waals surface area contributed by atoms with Gasteiger partial charge in [0, 0.05) is 22.1 Å². The molecule has 0 saturated carbocycles. The number of ether oxygens (including phenoxy) is 4. The molecule has 1 fully saturated rings. The fourth-order valence-corrected chi connectivity index (χ4v) is 5.15. The molecular formula is C28H26BrClFNO6. The summed E-state index contributed by atoms with van der Waals surface area (Å²) in [6.07, 6.45) is 0.382. The van der Waals surface area contributed by atoms with Crippen LogP contribution in [0.2, 0.25) is 5.02 Å². The normalized spacial score (nSPS) is 17.2. The molecule has 3 aromatic rings. The van der Waals surface area contributed by atoms with Crippen molar-refractivity contribution >= 4 is 45.1 Å². The van der Waals surface area contributed by atoms with Crippen LogP contribution in [-0.4, -0.2) is 33.2 Å². The Balaban J connectivity index is 1.73. The van der Waals surface area contributed by atoms with Crippen molar-refractivity contribution < 1.29 is 32.9 Å². The van der Waals surface area contributed by atoms with Crippen LogP contribution < -0.4 is 19.1 Å². The number of methoxy groups -OCH3 is 3. The Hall–Kier alpha value is -3.30. The maximum Gasteiger partial charge on any atom is 0.311 e. The average molecular weight is 607 g/mol. The maximum atomic E-state index is 14.6. The number of rotatable bonds is 8. The van der Waals surface area contributed by atoms with E-state index in [1.807, 2.05) is 0 Å². The molecule has 1 amide bonds. The first-order valence-corrected chi connectivity index (χ1v) is 12.9. The summed E-state index contributed by atoms with van der Waals surface area (Å²) in [5.41, 5.74) is 1.38. The smallest absolute Gasteiger partial charge is 0.311 e. The molecule has 200 valence electrons. The van der Waals surface area contributed by atoms with Crippen molar-refractivity contribution in [2.75, 3.05) is 26.2 Å². The van der Waals surface area contributed by atoms with E-state index in [1.165, 1.54) is 20.3 Å². The molecule has 1 saturated heterocycles. The van der Waals surface area contributed by atoms with Gasteiger partial charge in [0.1, 0.15) is 18.2 Å². The molecule has 0 N–H and O–H groups in total. The molecule has 7 nitrogen and oxygen atoms in total. The zero-order chi connectivity index (χ0) is 27.4. The molecule has 38 heavy (non-hydrogen) atoms. The van der Waals surface area contributed by atoms with E-state index in [9.17, 15) is 14.0 Å². The molecule has 2 unspecified atom stereocenters. The molecule has 1 aliphatic heterocycles. The van der Waals surface area contributed by atoms with Crippen LogP contribution in [-0.2, 0) is 20.9 Å². The zero-order valence-corrected chi connectivity index (χ0v) is 23.3. The van der Waals surface area contributed by atoms with Crippen molar-refractivity contribution in [1.29, 1.82) is 0 Å². The third-order valence-corrected chi connectivity index (χ3v) is 7.53. The highest BCUT2D eigenvalue weighted by molar-refractivity contribution is 9.10. The van der Waals surface area contributed by atoms with Crippen molar-refractivity contribution in [3.05, 3.63) is 81.0 Å². The lowest BCUT2D eigenvalue weighted by Gasteiger charge is -2.40. The van der Waals surface area contributed by atoms with E-state index in [0.717, 1.165) is 0 Å². The summed E-state index contributed by atoms with van der Waals surface area (Å²) in [7, 11) is 4.59. The van der Waals surface area contributed by atoms with Crippen LogP contribution in [0, 0.1) is 11.7 Å². The van der Waals surface area contributed by atoms with Gasteiger partial charge in [0.2, 0.25) is 5.91 Å². The van der Waals surface area contributed by atoms with Crippen molar-refractivity contribution in [3.8, 4) is 17.2 Å². The SMILES string of the molecule is COc1ccc(N2C(=O)CCC(C(=O)OCc3c(Br)ccc(Cl)c3F)C2c2ccc(OC)c(OC)c2)cc1. The minimum Gasteiger partial charge on any atom is -0.497 e. The van der Waals surface area contributed by atoms with Gasteiger partial charge in [-0.05, 0) is 60.5 Å². The van der Waals surface area contributed by atoms with E-state index in [2.05, 4.69) is 15.9 Å². The van der Waals surface area contributed by atoms with Crippen molar-refractivity contribution in [2.24, 2.45) is 5.92 Å². The van der Waals surface area contributed by atoms with E-state index in [0.29, 0.717) is 33.0 Å². The molecule has 1 aliphatic rings. The number of amides is 1. The van der Waals surface area contributed by atoms with Gasteiger partial charge in [0.05, 0.1) is 38.3 Å². The summed E-state index contributed by atoms with van der Waals surface area (Å²) in [5.74, 6) is -0.530. The van der Waals surface area contributed by atoms with Gasteiger partial charge in [-0.1, -0.05) is 33.6 Å². The second-order valence-corrected chi connectivity index (χ2v) is 9.86. The topological polar surface area (TPSA) is 74.3 Å². The third kappa shape index (κ3) is 5.59. The average Bonchev–Trinajstić information content (AvgIpc) is 2.94. The summed E-state index contributed by atoms with van der Waals surface area (Å²) in [6, 6.07) is 14.6. The quantitative estimate of drug-likeness (QED) is 0.215. The van der Waals surface area contributed by atoms with Gasteiger partial charge in [0.15, 0.2) is 11.5 Å². The highest BCUT2D eigenvalue weighted by Crippen LogP contribution is 2.43. The van der Waals surface area contributed by atoms with Gasteiger partial charge in [-0.15, -0.1) is 0 Å². The van der Waals surface area contributed by atoms with E-state index in [1.54, 1.807) is 60.5 Å². The lowest BCUT2D eigenvalue weighted by atomic mass is 9.83. The second kappa shape index (κ2) is 12.0. The third-order valence-electron chi connectivity index (χ3n) is 6.50. The monoisotopic (exact) mass is 605 g/mol. The van der Waals surface area contributed by atoms with Gasteiger partial charge < -0.3 is 23.8 Å². The molecule has 2 atom stereocenters. The molecule has 0 aliphatic carbocycles. The number of halogens is 3. The summed E-state index contributed by atoms with van der Waals surface area (Å²) in [5, 5.41) is -0.0728. The van der Waals surface area contributed by atoms with Crippen molar-refractivity contribution in [1.82, 2.24) is 0 Å². The number of piperidine rings is 1. The predicted molar refractivity (Wildman–Crippen MR) is 144 cm³/mol. The van der Waals surface area contributed by atoms with Crippen LogP contribution in [0.1, 0.15) is 30.0 Å². The van der Waals surface area contributed by atoms with Gasteiger partial charge >= 0.3 is 5.97 Å². The second-order valence-electron chi connectivity index (χ2n) is 8.60. The Morgan fingerprint density at radius 3 is 2.39 bits per heavy atom. The lowest BCUT2D eigenvalue weighted by molar-refractivity contribution is -0.152. The molecule has 0 radical (unpaired) electrons. The summed E-state index contributed by atoms with van der Waals surface area (Å²) in [6.45, 7) is -0.322. The zero-order valence-electron chi connectivity index (χ0n) is 21.0. The van der Waals surface area contributed by atoms with E-state index < -0.39 is 23.7 Å². The molecule has 0 bridgehead atoms. The predicted octanol–water partition coefficient (Wildman–Crippen LogP) is 6.50. The van der Waals surface area contributed by atoms with Crippen molar-refractivity contribution in [2.45, 2.75) is 25.5 Å². The minimum absolute atomic E-state index is 0.0728. The maximum absolute atomic E-state index is 14.6. The van der Waals surface area contributed by atoms with Crippen LogP contribution in [0.3, 0.4) is 0 Å². The first kappa shape index (κ1) is 27.7. The van der Waals surface area contributed by atoms with E-state index >= 15 is 0 Å². The molecule has 1 heterocycles. The van der Waals surface area contributed by atoms with Gasteiger partial charge in [-0.2, -0.15) is 0 Å². The van der Waals surface area contributed by atoms with Gasteiger partial charge in [0.25, 0.3) is 0 Å². The Labute approximate surface area is 233 Å². The minimum atomic E-state index is -0.742. The van der Waals surface area contributed by atoms with Crippen LogP contribution in [0.5, 0.6) is 17.2 Å². The molecule has 0 spiro atoms. The summed E-state index contributed by atoms with van der Waals surface area (Å²) < 4.78 is 36.8. The van der Waals surface area contributed by atoms with E-state index in [-0.39, 0.29) is 35.9 Å². The van der Waals surface area contributed by atoms with Gasteiger partial charge in [-0.3, -0.25) is 9.59 Å². The summed E-state index contributed by atoms with van der Waals surface area (Å²) >= 11 is 9.21. The highest BCUT2D eigenvalue weighted by Gasteiger charge is 2.42. The fourth-order valence-electron chi connectivity index (χ4n) is 4.56. The lowest BCUT2D eigenvalue weighted by Crippen LogP contribution is -2.46. The van der Waals surface area contributed by atoms with Crippen LogP contribution in [0.15, 0.2) is 59.1 Å². The standard InChI is InChI=1S/C28H26BrClFNO6/c1-35-18-7-5-17(6-8-18)32-25(33)13-9-19(27(32)16-4-12-23(36-2)24(14-16)37-3)28(34)38-15-20-21(29)10-11-22(30)26(20)31/h4-8,10-12,14,19,27H,9,13,15H2,1-3H3. The fraction of sp³-hybridized carbons (Fsp3) is 0.286. The molecule has 4 rings (SSSR count). The first-order valence-electron chi connectivity index (χ1n) is 11.8. The Bertz CT molecular complexity index is 1340. The van der Waals surface area contributed by atoms with Crippen molar-refractivity contribution in [3.63, 3.8) is 0 Å². The molecule has 0 aromatic heterocycles. The molecule has 3 aromatic carbocycles. The van der Waals surface area contributed by atoms with Crippen LogP contribution in [0.4, 0.5) is 10.1 Å². The first-order chi connectivity index (χ1) is 18.3. The number of hydrogen-bond acceptors (Lipinski definition) is 6. The Morgan fingerprint density at radius 1 is 1.03 bits per heavy atom. The number of carbonyl (C=O) groups excluding carboxylic acids is 2. The van der Waals surface area contributed by atoms with Crippen LogP contribution in [0.25, 0.3) is 0 Å². The largest absolute Gasteiger partial charge is 0.497 e. The Morgan fingerprint density at radius 2 is 1.74 bits per heavy atom. The number of benzene rings is 3. The summed E-state index contributed by atoms with van der Waals surface area (Å²) in [4.78, 5) is 28.4. The number of esters is 1. The van der Waals surface area contributed by atoms with Crippen LogP contribution >= 0.6 is 27.5 Å². The van der Waals surface area contributed by atoms with E-state index in [4.69, 9.17) is 30.5 Å². The number of hydrogen-bond donors (Lipinski definition) is 0. The molecular weight excluding hydrogens is 581 g/mol. The highest BCUT2D eigenvalue weighted by atomic mass is 79.9. The number of anilines is 1. The Kier molecular flexibility index (Phi) is 8.79.